The molecule has 3 heterocycles. The van der Waals surface area contributed by atoms with Crippen molar-refractivity contribution < 1.29 is 9.53 Å². The highest BCUT2D eigenvalue weighted by Gasteiger charge is 2.30. The maximum atomic E-state index is 13.3. The van der Waals surface area contributed by atoms with Gasteiger partial charge >= 0.3 is 0 Å². The summed E-state index contributed by atoms with van der Waals surface area (Å²) < 4.78 is 5.68. The molecule has 0 aliphatic carbocycles. The van der Waals surface area contributed by atoms with Crippen LogP contribution in [0.3, 0.4) is 0 Å². The van der Waals surface area contributed by atoms with Gasteiger partial charge in [0.15, 0.2) is 0 Å². The lowest BCUT2D eigenvalue weighted by molar-refractivity contribution is -0.123. The fourth-order valence-electron chi connectivity index (χ4n) is 5.87. The van der Waals surface area contributed by atoms with Crippen LogP contribution in [0.15, 0.2) is 48.7 Å². The summed E-state index contributed by atoms with van der Waals surface area (Å²) in [7, 11) is 3.84. The molecule has 212 valence electrons. The Bertz CT molecular complexity index is 1330. The van der Waals surface area contributed by atoms with E-state index in [-0.39, 0.29) is 6.04 Å². The first-order valence-electron chi connectivity index (χ1n) is 14.5. The maximum Gasteiger partial charge on any atom is 0.227 e. The molecular formula is C32H42N6O2. The van der Waals surface area contributed by atoms with Crippen LogP contribution in [0, 0.1) is 0 Å². The summed E-state index contributed by atoms with van der Waals surface area (Å²) in [6.45, 7) is 7.66. The quantitative estimate of drug-likeness (QED) is 0.426. The van der Waals surface area contributed by atoms with Crippen LogP contribution < -0.4 is 15.4 Å². The van der Waals surface area contributed by atoms with E-state index in [1.807, 2.05) is 18.2 Å². The molecule has 0 unspecified atom stereocenters. The number of Topliss-reactive ketones (excluding diaryl/α,β-unsaturated/α-hetero) is 1. The fourth-order valence-corrected chi connectivity index (χ4v) is 5.87. The van der Waals surface area contributed by atoms with Gasteiger partial charge < -0.3 is 20.3 Å². The molecule has 2 aliphatic rings. The Labute approximate surface area is 238 Å². The molecule has 1 saturated heterocycles. The molecule has 8 nitrogen and oxygen atoms in total. The zero-order chi connectivity index (χ0) is 28.1. The average molecular weight is 543 g/mol. The number of nitrogens with one attached hydrogen (secondary N) is 2. The predicted octanol–water partition coefficient (Wildman–Crippen LogP) is 5.87. The first-order valence-corrected chi connectivity index (χ1v) is 14.5. The SMILES string of the molecule is COc1ccc2cc1CN(C)CCCCC(=O)[C@@H]1CCCN1Cc1cc(cc(NC(C)C)c1)Nc1nccc-2n1. The standard InChI is InChI=1S/C32H42N6O2/c1-22(2)34-26-16-23-17-27(19-26)35-32-33-13-12-28(36-32)24-10-11-31(40-4)25(18-24)21-37(3)14-6-5-9-30(39)29-8-7-15-38(29)20-23/h10-13,16-19,22,29,34H,5-9,14-15,20-21H2,1-4H3,(H,33,35,36)/t29-/m0/s1. The van der Waals surface area contributed by atoms with Gasteiger partial charge in [-0.3, -0.25) is 9.69 Å². The summed E-state index contributed by atoms with van der Waals surface area (Å²) in [5, 5.41) is 6.99. The first-order chi connectivity index (χ1) is 19.4. The molecular weight excluding hydrogens is 500 g/mol. The Morgan fingerprint density at radius 2 is 1.93 bits per heavy atom. The van der Waals surface area contributed by atoms with Crippen LogP contribution in [-0.2, 0) is 17.9 Å². The second-order valence-corrected chi connectivity index (χ2v) is 11.4. The highest BCUT2D eigenvalue weighted by molar-refractivity contribution is 5.84. The molecule has 0 saturated carbocycles. The van der Waals surface area contributed by atoms with Crippen molar-refractivity contribution in [3.63, 3.8) is 0 Å². The van der Waals surface area contributed by atoms with Crippen molar-refractivity contribution in [3.8, 4) is 17.0 Å². The number of ether oxygens (including phenoxy) is 1. The molecule has 0 spiro atoms. The van der Waals surface area contributed by atoms with Crippen LogP contribution >= 0.6 is 0 Å². The first kappa shape index (κ1) is 28.1. The van der Waals surface area contributed by atoms with E-state index in [1.54, 1.807) is 13.3 Å². The predicted molar refractivity (Wildman–Crippen MR) is 161 cm³/mol. The van der Waals surface area contributed by atoms with Gasteiger partial charge in [0.25, 0.3) is 0 Å². The third-order valence-electron chi connectivity index (χ3n) is 7.71. The molecule has 1 fully saturated rings. The molecule has 0 radical (unpaired) electrons. The number of fused-ring (bicyclic) bond motifs is 8. The topological polar surface area (TPSA) is 82.6 Å². The number of benzene rings is 2. The van der Waals surface area contributed by atoms with Gasteiger partial charge in [-0.15, -0.1) is 0 Å². The minimum absolute atomic E-state index is 0.00784. The van der Waals surface area contributed by atoms with E-state index in [4.69, 9.17) is 9.72 Å². The van der Waals surface area contributed by atoms with E-state index in [0.717, 1.165) is 85.8 Å². The Morgan fingerprint density at radius 1 is 1.05 bits per heavy atom. The molecule has 2 N–H and O–H groups in total. The Balaban J connectivity index is 1.51. The third-order valence-corrected chi connectivity index (χ3v) is 7.71. The van der Waals surface area contributed by atoms with Gasteiger partial charge in [0, 0.05) is 54.3 Å². The van der Waals surface area contributed by atoms with E-state index in [1.165, 1.54) is 5.56 Å². The third kappa shape index (κ3) is 6.98. The average Bonchev–Trinajstić information content (AvgIpc) is 3.38. The van der Waals surface area contributed by atoms with Crippen molar-refractivity contribution in [1.82, 2.24) is 19.8 Å². The summed E-state index contributed by atoms with van der Waals surface area (Å²) in [6, 6.07) is 14.9. The molecule has 2 aliphatic heterocycles. The van der Waals surface area contributed by atoms with E-state index in [9.17, 15) is 4.79 Å². The highest BCUT2D eigenvalue weighted by Crippen LogP contribution is 2.30. The van der Waals surface area contributed by atoms with Crippen molar-refractivity contribution in [1.29, 1.82) is 0 Å². The van der Waals surface area contributed by atoms with Crippen molar-refractivity contribution >= 4 is 23.1 Å². The molecule has 3 aromatic rings. The van der Waals surface area contributed by atoms with Gasteiger partial charge in [0.2, 0.25) is 5.95 Å². The highest BCUT2D eigenvalue weighted by atomic mass is 16.5. The minimum atomic E-state index is 0.00784. The summed E-state index contributed by atoms with van der Waals surface area (Å²) >= 11 is 0. The Morgan fingerprint density at radius 3 is 2.75 bits per heavy atom. The van der Waals surface area contributed by atoms with E-state index in [2.05, 4.69) is 70.6 Å². The van der Waals surface area contributed by atoms with Crippen molar-refractivity contribution in [2.75, 3.05) is 37.9 Å². The van der Waals surface area contributed by atoms with E-state index in [0.29, 0.717) is 24.2 Å². The number of anilines is 3. The number of carbonyl (C=O) groups excluding carboxylic acids is 1. The molecule has 40 heavy (non-hydrogen) atoms. The van der Waals surface area contributed by atoms with Gasteiger partial charge in [-0.05, 0) is 108 Å². The fraction of sp³-hybridized carbons (Fsp3) is 0.469. The summed E-state index contributed by atoms with van der Waals surface area (Å²) in [4.78, 5) is 27.3. The van der Waals surface area contributed by atoms with Crippen LogP contribution in [0.4, 0.5) is 17.3 Å². The monoisotopic (exact) mass is 542 g/mol. The molecule has 6 bridgehead atoms. The maximum absolute atomic E-state index is 13.3. The number of carbonyl (C=O) groups is 1. The number of hydrogen-bond acceptors (Lipinski definition) is 8. The lowest BCUT2D eigenvalue weighted by Crippen LogP contribution is -2.35. The molecule has 5 rings (SSSR count). The van der Waals surface area contributed by atoms with E-state index >= 15 is 0 Å². The van der Waals surface area contributed by atoms with Crippen LogP contribution in [0.2, 0.25) is 0 Å². The summed E-state index contributed by atoms with van der Waals surface area (Å²) in [5.41, 5.74) is 6.12. The van der Waals surface area contributed by atoms with Crippen LogP contribution in [-0.4, -0.2) is 64.9 Å². The lowest BCUT2D eigenvalue weighted by atomic mass is 10.0. The number of nitrogens with zero attached hydrogens (tertiary/aromatic N) is 4. The summed E-state index contributed by atoms with van der Waals surface area (Å²) in [5.74, 6) is 1.79. The van der Waals surface area contributed by atoms with Gasteiger partial charge in [-0.2, -0.15) is 0 Å². The number of ketones is 1. The van der Waals surface area contributed by atoms with Crippen molar-refractivity contribution in [3.05, 3.63) is 59.8 Å². The normalized spacial score (nSPS) is 19.1. The zero-order valence-electron chi connectivity index (χ0n) is 24.2. The van der Waals surface area contributed by atoms with Crippen molar-refractivity contribution in [2.24, 2.45) is 0 Å². The van der Waals surface area contributed by atoms with Crippen LogP contribution in [0.1, 0.15) is 57.1 Å². The van der Waals surface area contributed by atoms with Gasteiger partial charge in [0.1, 0.15) is 11.5 Å². The second kappa shape index (κ2) is 12.8. The van der Waals surface area contributed by atoms with Crippen LogP contribution in [0.5, 0.6) is 5.75 Å². The van der Waals surface area contributed by atoms with E-state index < -0.39 is 0 Å². The van der Waals surface area contributed by atoms with Gasteiger partial charge in [0.05, 0.1) is 18.8 Å². The minimum Gasteiger partial charge on any atom is -0.496 e. The van der Waals surface area contributed by atoms with Crippen molar-refractivity contribution in [2.45, 2.75) is 71.1 Å². The van der Waals surface area contributed by atoms with Gasteiger partial charge in [-0.1, -0.05) is 0 Å². The lowest BCUT2D eigenvalue weighted by Gasteiger charge is -2.25. The second-order valence-electron chi connectivity index (χ2n) is 11.4. The molecule has 0 amide bonds. The van der Waals surface area contributed by atoms with Crippen LogP contribution in [0.25, 0.3) is 11.3 Å². The smallest absolute Gasteiger partial charge is 0.227 e. The summed E-state index contributed by atoms with van der Waals surface area (Å²) in [6.07, 6.45) is 6.35. The largest absolute Gasteiger partial charge is 0.496 e. The number of hydrogen-bond donors (Lipinski definition) is 2. The Hall–Kier alpha value is -3.49. The Kier molecular flexibility index (Phi) is 8.97. The number of rotatable bonds is 3. The molecule has 1 aromatic heterocycles. The number of methoxy groups -OCH3 is 1. The number of aromatic nitrogens is 2. The molecule has 1 atom stereocenters. The molecule has 2 aromatic carbocycles. The zero-order valence-corrected chi connectivity index (χ0v) is 24.2. The van der Waals surface area contributed by atoms with Gasteiger partial charge in [-0.25, -0.2) is 9.97 Å². The molecule has 8 heteroatoms.